The number of ether oxygens (including phenoxy) is 2. The summed E-state index contributed by atoms with van der Waals surface area (Å²) in [7, 11) is 0. The minimum atomic E-state index is -0.717. The number of fused-ring (bicyclic) bond motifs is 5. The number of carbonyl (C=O) groups is 1. The van der Waals surface area contributed by atoms with Crippen molar-refractivity contribution >= 4 is 6.09 Å². The van der Waals surface area contributed by atoms with Crippen LogP contribution >= 0.6 is 0 Å². The molecule has 7 heteroatoms. The second-order valence-corrected chi connectivity index (χ2v) is 12.3. The number of amides is 1. The lowest BCUT2D eigenvalue weighted by Gasteiger charge is -2.61. The van der Waals surface area contributed by atoms with E-state index in [0.717, 1.165) is 56.9 Å². The van der Waals surface area contributed by atoms with Crippen LogP contribution in [0.4, 0.5) is 4.79 Å². The lowest BCUT2D eigenvalue weighted by molar-refractivity contribution is -0.178. The van der Waals surface area contributed by atoms with Crippen molar-refractivity contribution in [2.75, 3.05) is 26.3 Å². The van der Waals surface area contributed by atoms with Crippen LogP contribution in [0.2, 0.25) is 0 Å². The van der Waals surface area contributed by atoms with Gasteiger partial charge in [0.2, 0.25) is 0 Å². The first-order valence-electron chi connectivity index (χ1n) is 13.8. The maximum Gasteiger partial charge on any atom is 0.410 e. The molecular formula is C29H39NO6. The van der Waals surface area contributed by atoms with E-state index < -0.39 is 5.60 Å². The van der Waals surface area contributed by atoms with Crippen molar-refractivity contribution in [1.82, 2.24) is 4.90 Å². The highest BCUT2D eigenvalue weighted by atomic mass is 16.6. The van der Waals surface area contributed by atoms with Crippen molar-refractivity contribution in [2.45, 2.75) is 82.8 Å². The Kier molecular flexibility index (Phi) is 5.87. The van der Waals surface area contributed by atoms with Crippen molar-refractivity contribution in [2.24, 2.45) is 22.7 Å². The number of nitrogens with zero attached hydrogens (tertiary/aromatic N) is 1. The minimum Gasteiger partial charge on any atom is -0.442 e. The third-order valence-electron chi connectivity index (χ3n) is 10.9. The summed E-state index contributed by atoms with van der Waals surface area (Å²) in [6.45, 7) is 6.99. The lowest BCUT2D eigenvalue weighted by atomic mass is 9.45. The summed E-state index contributed by atoms with van der Waals surface area (Å²) in [6, 6.07) is 3.40. The number of hydrogen-bond acceptors (Lipinski definition) is 6. The largest absolute Gasteiger partial charge is 0.442 e. The van der Waals surface area contributed by atoms with Gasteiger partial charge in [0.15, 0.2) is 0 Å². The average molecular weight is 498 g/mol. The summed E-state index contributed by atoms with van der Waals surface area (Å²) in [5.41, 5.74) is 1.23. The molecule has 1 aromatic rings. The van der Waals surface area contributed by atoms with Crippen molar-refractivity contribution in [3.05, 3.63) is 46.0 Å². The topological polar surface area (TPSA) is 89.2 Å². The Labute approximate surface area is 212 Å². The van der Waals surface area contributed by atoms with E-state index in [1.807, 2.05) is 6.07 Å². The molecule has 4 fully saturated rings. The Balaban J connectivity index is 1.21. The third-order valence-corrected chi connectivity index (χ3v) is 10.9. The second-order valence-electron chi connectivity index (χ2n) is 12.3. The van der Waals surface area contributed by atoms with Gasteiger partial charge in [-0.05, 0) is 92.2 Å². The molecule has 5 aliphatic rings. The standard InChI is InChI=1S/C29H39NO6/c1-27-10-7-21(36-26(32)30-13-15-34-16-14-30)17-20(27)4-5-24-23(27)8-11-28(2)22(9-12-29(24,28)33)19-3-6-25(31)35-18-19/h3,6,17-18,21-24,33H,4-5,7-16H2,1-2H3/t21-,22+,23-,24+,27-,28+,29-/m0/s1. The predicted molar refractivity (Wildman–Crippen MR) is 134 cm³/mol. The molecule has 0 unspecified atom stereocenters. The maximum atomic E-state index is 12.7. The zero-order valence-electron chi connectivity index (χ0n) is 21.5. The van der Waals surface area contributed by atoms with Crippen LogP contribution in [0.3, 0.4) is 0 Å². The van der Waals surface area contributed by atoms with Crippen molar-refractivity contribution in [1.29, 1.82) is 0 Å². The number of rotatable bonds is 2. The van der Waals surface area contributed by atoms with Crippen LogP contribution in [0.15, 0.2) is 39.3 Å². The van der Waals surface area contributed by atoms with Gasteiger partial charge in [-0.2, -0.15) is 0 Å². The normalized spacial score (nSPS) is 42.1. The number of aliphatic hydroxyl groups is 1. The monoisotopic (exact) mass is 497 g/mol. The molecule has 0 bridgehead atoms. The molecule has 0 spiro atoms. The summed E-state index contributed by atoms with van der Waals surface area (Å²) < 4.78 is 16.5. The van der Waals surface area contributed by atoms with Crippen LogP contribution in [0.5, 0.6) is 0 Å². The maximum absolute atomic E-state index is 12.7. The predicted octanol–water partition coefficient (Wildman–Crippen LogP) is 4.64. The van der Waals surface area contributed by atoms with Crippen molar-refractivity contribution < 1.29 is 23.8 Å². The molecule has 7 atom stereocenters. The van der Waals surface area contributed by atoms with Gasteiger partial charge in [0.05, 0.1) is 25.1 Å². The Hall–Kier alpha value is -2.12. The molecule has 6 rings (SSSR count). The minimum absolute atomic E-state index is 0.0411. The molecule has 36 heavy (non-hydrogen) atoms. The van der Waals surface area contributed by atoms with Gasteiger partial charge in [-0.1, -0.05) is 19.4 Å². The average Bonchev–Trinajstić information content (AvgIpc) is 3.16. The molecule has 4 aliphatic carbocycles. The van der Waals surface area contributed by atoms with Gasteiger partial charge < -0.3 is 23.9 Å². The number of allylic oxidation sites excluding steroid dienone is 1. The Morgan fingerprint density at radius 3 is 2.61 bits per heavy atom. The Morgan fingerprint density at radius 2 is 1.86 bits per heavy atom. The molecule has 1 aliphatic heterocycles. The molecule has 7 nitrogen and oxygen atoms in total. The smallest absolute Gasteiger partial charge is 0.410 e. The summed E-state index contributed by atoms with van der Waals surface area (Å²) >= 11 is 0. The molecule has 2 heterocycles. The zero-order valence-corrected chi connectivity index (χ0v) is 21.5. The van der Waals surface area contributed by atoms with Gasteiger partial charge in [0, 0.05) is 24.6 Å². The number of hydrogen-bond donors (Lipinski definition) is 1. The first-order chi connectivity index (χ1) is 17.2. The van der Waals surface area contributed by atoms with Crippen LogP contribution < -0.4 is 5.63 Å². The van der Waals surface area contributed by atoms with E-state index in [9.17, 15) is 14.7 Å². The summed E-state index contributed by atoms with van der Waals surface area (Å²) in [5.74, 6) is 0.887. The van der Waals surface area contributed by atoms with E-state index in [-0.39, 0.29) is 40.5 Å². The van der Waals surface area contributed by atoms with Gasteiger partial charge in [-0.15, -0.1) is 0 Å². The molecule has 3 saturated carbocycles. The molecule has 1 N–H and O–H groups in total. The molecule has 0 aromatic carbocycles. The Morgan fingerprint density at radius 1 is 1.06 bits per heavy atom. The van der Waals surface area contributed by atoms with Crippen LogP contribution in [-0.2, 0) is 9.47 Å². The van der Waals surface area contributed by atoms with Crippen LogP contribution in [-0.4, -0.2) is 54.1 Å². The SMILES string of the molecule is C[C@]12CC[C@H](OC(=O)N3CCOCC3)C=C1CC[C@@H]1[C@@H]2CC[C@]2(C)[C@@H](c3ccc(=O)oc3)CC[C@]12O. The molecule has 1 amide bonds. The molecular weight excluding hydrogens is 458 g/mol. The first kappa shape index (κ1) is 24.2. The van der Waals surface area contributed by atoms with Gasteiger partial charge in [0.1, 0.15) is 6.10 Å². The van der Waals surface area contributed by atoms with Crippen molar-refractivity contribution in [3.63, 3.8) is 0 Å². The van der Waals surface area contributed by atoms with Crippen molar-refractivity contribution in [3.8, 4) is 0 Å². The second kappa shape index (κ2) is 8.73. The first-order valence-corrected chi connectivity index (χ1v) is 13.8. The van der Waals surface area contributed by atoms with Gasteiger partial charge in [-0.3, -0.25) is 0 Å². The number of carbonyl (C=O) groups excluding carboxylic acids is 1. The van der Waals surface area contributed by atoms with Gasteiger partial charge >= 0.3 is 11.7 Å². The van der Waals surface area contributed by atoms with Crippen LogP contribution in [0.1, 0.15) is 76.7 Å². The zero-order chi connectivity index (χ0) is 25.1. The quantitative estimate of drug-likeness (QED) is 0.599. The number of morpholine rings is 1. The van der Waals surface area contributed by atoms with Crippen LogP contribution in [0.25, 0.3) is 0 Å². The highest BCUT2D eigenvalue weighted by Crippen LogP contribution is 2.70. The Bertz CT molecular complexity index is 1090. The summed E-state index contributed by atoms with van der Waals surface area (Å²) in [4.78, 5) is 25.9. The lowest BCUT2D eigenvalue weighted by Crippen LogP contribution is -2.60. The van der Waals surface area contributed by atoms with E-state index in [1.54, 1.807) is 11.2 Å². The molecule has 0 radical (unpaired) electrons. The third kappa shape index (κ3) is 3.60. The highest BCUT2D eigenvalue weighted by molar-refractivity contribution is 5.68. The molecule has 1 saturated heterocycles. The van der Waals surface area contributed by atoms with Gasteiger partial charge in [0.25, 0.3) is 0 Å². The van der Waals surface area contributed by atoms with E-state index in [4.69, 9.17) is 13.9 Å². The summed E-state index contributed by atoms with van der Waals surface area (Å²) in [6.07, 6.45) is 11.0. The van der Waals surface area contributed by atoms with Crippen LogP contribution in [0, 0.1) is 22.7 Å². The van der Waals surface area contributed by atoms with Gasteiger partial charge in [-0.25, -0.2) is 9.59 Å². The highest BCUT2D eigenvalue weighted by Gasteiger charge is 2.66. The van der Waals surface area contributed by atoms with E-state index >= 15 is 0 Å². The molecule has 196 valence electrons. The van der Waals surface area contributed by atoms with E-state index in [1.165, 1.54) is 11.6 Å². The fourth-order valence-electron chi connectivity index (χ4n) is 8.81. The fourth-order valence-corrected chi connectivity index (χ4v) is 8.81. The van der Waals surface area contributed by atoms with E-state index in [0.29, 0.717) is 32.2 Å². The summed E-state index contributed by atoms with van der Waals surface area (Å²) in [5, 5.41) is 12.4. The fraction of sp³-hybridized carbons (Fsp3) is 0.724. The van der Waals surface area contributed by atoms with E-state index in [2.05, 4.69) is 19.9 Å². The molecule has 1 aromatic heterocycles.